The molecule has 0 saturated carbocycles. The number of nitrogens with one attached hydrogen (secondary N) is 1. The molecule has 2 N–H and O–H groups in total. The normalized spacial score (nSPS) is 11.7. The van der Waals surface area contributed by atoms with E-state index in [2.05, 4.69) is 4.98 Å². The zero-order valence-corrected chi connectivity index (χ0v) is 9.97. The number of aliphatic hydroxyl groups is 1. The topological polar surface area (TPSA) is 58.0 Å². The van der Waals surface area contributed by atoms with E-state index in [0.29, 0.717) is 0 Å². The predicted molar refractivity (Wildman–Crippen MR) is 66.5 cm³/mol. The molecule has 0 amide bonds. The lowest BCUT2D eigenvalue weighted by Gasteiger charge is -2.22. The molecular weight excluding hydrogens is 216 g/mol. The molecule has 0 spiro atoms. The average Bonchev–Trinajstić information content (AvgIpc) is 2.76. The first-order chi connectivity index (χ1) is 8.04. The van der Waals surface area contributed by atoms with Crippen LogP contribution in [-0.4, -0.2) is 21.3 Å². The van der Waals surface area contributed by atoms with E-state index in [1.807, 2.05) is 38.1 Å². The molecular formula is C13H16N2O2. The summed E-state index contributed by atoms with van der Waals surface area (Å²) in [7, 11) is 0. The smallest absolute Gasteiger partial charge is 0.330 e. The van der Waals surface area contributed by atoms with Crippen LogP contribution >= 0.6 is 0 Å². The molecule has 17 heavy (non-hydrogen) atoms. The molecule has 1 aromatic carbocycles. The van der Waals surface area contributed by atoms with E-state index >= 15 is 0 Å². The van der Waals surface area contributed by atoms with Gasteiger partial charge in [-0.1, -0.05) is 26.0 Å². The Morgan fingerprint density at radius 1 is 1.29 bits per heavy atom. The van der Waals surface area contributed by atoms with Gasteiger partial charge < -0.3 is 10.1 Å². The summed E-state index contributed by atoms with van der Waals surface area (Å²) in [4.78, 5) is 14.0. The largest absolute Gasteiger partial charge is 0.395 e. The molecule has 90 valence electrons. The van der Waals surface area contributed by atoms with Gasteiger partial charge in [-0.25, -0.2) is 4.79 Å². The van der Waals surface area contributed by atoms with Gasteiger partial charge in [-0.05, 0) is 17.7 Å². The molecule has 0 saturated heterocycles. The van der Waals surface area contributed by atoms with Gasteiger partial charge in [-0.15, -0.1) is 0 Å². The molecule has 0 bridgehead atoms. The van der Waals surface area contributed by atoms with Crippen LogP contribution in [0.25, 0.3) is 5.69 Å². The summed E-state index contributed by atoms with van der Waals surface area (Å²) < 4.78 is 1.54. The standard InChI is InChI=1S/C13H16N2O2/c1-13(2,9-16)10-3-5-11(6-4-10)15-8-7-14-12(15)17/h3-8,16H,9H2,1-2H3,(H,14,17). The first-order valence-corrected chi connectivity index (χ1v) is 5.52. The Bertz CT molecular complexity index is 549. The maximum atomic E-state index is 11.4. The van der Waals surface area contributed by atoms with E-state index in [1.54, 1.807) is 12.4 Å². The summed E-state index contributed by atoms with van der Waals surface area (Å²) in [5.41, 5.74) is 1.45. The molecule has 2 aromatic rings. The fourth-order valence-electron chi connectivity index (χ4n) is 1.69. The van der Waals surface area contributed by atoms with Gasteiger partial charge in [-0.2, -0.15) is 0 Å². The number of rotatable bonds is 3. The Labute approximate surface area is 99.5 Å². The number of hydrogen-bond donors (Lipinski definition) is 2. The Morgan fingerprint density at radius 3 is 2.41 bits per heavy atom. The van der Waals surface area contributed by atoms with Crippen LogP contribution in [0.3, 0.4) is 0 Å². The highest BCUT2D eigenvalue weighted by atomic mass is 16.3. The highest BCUT2D eigenvalue weighted by molar-refractivity contribution is 5.37. The lowest BCUT2D eigenvalue weighted by atomic mass is 9.85. The minimum Gasteiger partial charge on any atom is -0.395 e. The number of aromatic amines is 1. The summed E-state index contributed by atoms with van der Waals surface area (Å²) in [6.45, 7) is 4.05. The van der Waals surface area contributed by atoms with Crippen LogP contribution in [0.15, 0.2) is 41.5 Å². The van der Waals surface area contributed by atoms with Crippen LogP contribution in [0.1, 0.15) is 19.4 Å². The van der Waals surface area contributed by atoms with Crippen LogP contribution in [-0.2, 0) is 5.41 Å². The summed E-state index contributed by atoms with van der Waals surface area (Å²) >= 11 is 0. The van der Waals surface area contributed by atoms with E-state index in [1.165, 1.54) is 4.57 Å². The van der Waals surface area contributed by atoms with Crippen molar-refractivity contribution in [2.24, 2.45) is 0 Å². The van der Waals surface area contributed by atoms with Crippen molar-refractivity contribution in [3.8, 4) is 5.69 Å². The Hall–Kier alpha value is -1.81. The van der Waals surface area contributed by atoms with E-state index < -0.39 is 0 Å². The minimum atomic E-state index is -0.262. The number of benzene rings is 1. The van der Waals surface area contributed by atoms with Crippen molar-refractivity contribution in [2.75, 3.05) is 6.61 Å². The number of hydrogen-bond acceptors (Lipinski definition) is 2. The molecule has 0 aliphatic rings. The first-order valence-electron chi connectivity index (χ1n) is 5.52. The van der Waals surface area contributed by atoms with Crippen LogP contribution in [0, 0.1) is 0 Å². The monoisotopic (exact) mass is 232 g/mol. The second-order valence-electron chi connectivity index (χ2n) is 4.72. The van der Waals surface area contributed by atoms with Gasteiger partial charge in [0.15, 0.2) is 0 Å². The minimum absolute atomic E-state index is 0.0937. The van der Waals surface area contributed by atoms with Crippen molar-refractivity contribution in [1.29, 1.82) is 0 Å². The zero-order valence-electron chi connectivity index (χ0n) is 9.97. The fourth-order valence-corrected chi connectivity index (χ4v) is 1.69. The van der Waals surface area contributed by atoms with Crippen LogP contribution in [0.2, 0.25) is 0 Å². The maximum absolute atomic E-state index is 11.4. The van der Waals surface area contributed by atoms with Crippen molar-refractivity contribution in [3.05, 3.63) is 52.7 Å². The van der Waals surface area contributed by atoms with E-state index in [4.69, 9.17) is 0 Å². The Balaban J connectivity index is 2.37. The third-order valence-electron chi connectivity index (χ3n) is 2.97. The Kier molecular flexibility index (Phi) is 2.90. The molecule has 1 heterocycles. The third kappa shape index (κ3) is 2.17. The van der Waals surface area contributed by atoms with E-state index in [9.17, 15) is 9.90 Å². The van der Waals surface area contributed by atoms with Gasteiger partial charge in [-0.3, -0.25) is 4.57 Å². The molecule has 4 nitrogen and oxygen atoms in total. The van der Waals surface area contributed by atoms with Crippen molar-refractivity contribution >= 4 is 0 Å². The molecule has 0 unspecified atom stereocenters. The van der Waals surface area contributed by atoms with Gasteiger partial charge in [0.05, 0.1) is 12.3 Å². The van der Waals surface area contributed by atoms with E-state index in [0.717, 1.165) is 11.3 Å². The molecule has 0 aliphatic heterocycles. The van der Waals surface area contributed by atoms with Gasteiger partial charge in [0.1, 0.15) is 0 Å². The summed E-state index contributed by atoms with van der Waals surface area (Å²) in [6.07, 6.45) is 3.29. The van der Waals surface area contributed by atoms with Gasteiger partial charge in [0.2, 0.25) is 0 Å². The molecule has 4 heteroatoms. The molecule has 0 atom stereocenters. The quantitative estimate of drug-likeness (QED) is 0.841. The number of aliphatic hydroxyl groups excluding tert-OH is 1. The number of aromatic nitrogens is 2. The van der Waals surface area contributed by atoms with Crippen molar-refractivity contribution in [2.45, 2.75) is 19.3 Å². The van der Waals surface area contributed by atoms with Crippen molar-refractivity contribution in [1.82, 2.24) is 9.55 Å². The van der Waals surface area contributed by atoms with Crippen LogP contribution in [0.5, 0.6) is 0 Å². The molecule has 0 fully saturated rings. The van der Waals surface area contributed by atoms with E-state index in [-0.39, 0.29) is 17.7 Å². The molecule has 2 rings (SSSR count). The SMILES string of the molecule is CC(C)(CO)c1ccc(-n2cc[nH]c2=O)cc1. The number of imidazole rings is 1. The number of nitrogens with zero attached hydrogens (tertiary/aromatic N) is 1. The van der Waals surface area contributed by atoms with Crippen LogP contribution in [0.4, 0.5) is 0 Å². The van der Waals surface area contributed by atoms with Gasteiger partial charge >= 0.3 is 5.69 Å². The third-order valence-corrected chi connectivity index (χ3v) is 2.97. The zero-order chi connectivity index (χ0) is 12.5. The molecule has 1 aromatic heterocycles. The fraction of sp³-hybridized carbons (Fsp3) is 0.308. The lowest BCUT2D eigenvalue weighted by Crippen LogP contribution is -2.22. The predicted octanol–water partition coefficient (Wildman–Crippen LogP) is 1.44. The summed E-state index contributed by atoms with van der Waals surface area (Å²) in [6, 6.07) is 7.62. The average molecular weight is 232 g/mol. The lowest BCUT2D eigenvalue weighted by molar-refractivity contribution is 0.218. The number of H-pyrrole nitrogens is 1. The van der Waals surface area contributed by atoms with Gasteiger partial charge in [0.25, 0.3) is 0 Å². The Morgan fingerprint density at radius 2 is 1.94 bits per heavy atom. The second-order valence-corrected chi connectivity index (χ2v) is 4.72. The second kappa shape index (κ2) is 4.22. The maximum Gasteiger partial charge on any atom is 0.330 e. The first kappa shape index (κ1) is 11.7. The molecule has 0 aliphatic carbocycles. The van der Waals surface area contributed by atoms with Crippen LogP contribution < -0.4 is 5.69 Å². The highest BCUT2D eigenvalue weighted by Gasteiger charge is 2.18. The van der Waals surface area contributed by atoms with Gasteiger partial charge in [0, 0.05) is 17.8 Å². The molecule has 0 radical (unpaired) electrons. The summed E-state index contributed by atoms with van der Waals surface area (Å²) in [5.74, 6) is 0. The van der Waals surface area contributed by atoms with Crippen molar-refractivity contribution < 1.29 is 5.11 Å². The summed E-state index contributed by atoms with van der Waals surface area (Å²) in [5, 5.41) is 9.28. The highest BCUT2D eigenvalue weighted by Crippen LogP contribution is 2.23. The van der Waals surface area contributed by atoms with Crippen molar-refractivity contribution in [3.63, 3.8) is 0 Å².